The largest absolute Gasteiger partial charge is 0.423 e. The topological polar surface area (TPSA) is 101 Å². The Kier molecular flexibility index (Phi) is 7.55. The second kappa shape index (κ2) is 11.2. The fourth-order valence-corrected chi connectivity index (χ4v) is 6.97. The fraction of sp³-hybridized carbons (Fsp3) is 0.258. The highest BCUT2D eigenvalue weighted by Gasteiger charge is 2.62. The Morgan fingerprint density at radius 3 is 1.95 bits per heavy atom. The third-order valence-corrected chi connectivity index (χ3v) is 9.10. The van der Waals surface area contributed by atoms with E-state index < -0.39 is 47.9 Å². The maximum atomic E-state index is 13.7. The highest BCUT2D eigenvalue weighted by molar-refractivity contribution is 6.36. The van der Waals surface area contributed by atoms with Gasteiger partial charge in [-0.05, 0) is 97.8 Å². The van der Waals surface area contributed by atoms with Crippen molar-refractivity contribution in [3.05, 3.63) is 98.5 Å². The number of ether oxygens (including phenoxy) is 1. The van der Waals surface area contributed by atoms with Crippen molar-refractivity contribution in [2.24, 2.45) is 23.7 Å². The first-order valence-corrected chi connectivity index (χ1v) is 14.5. The number of benzene rings is 3. The summed E-state index contributed by atoms with van der Waals surface area (Å²) in [5.74, 6) is -3.30. The van der Waals surface area contributed by atoms with Crippen molar-refractivity contribution in [3.8, 4) is 5.75 Å². The molecule has 3 amide bonds. The Bertz CT molecular complexity index is 1600. The van der Waals surface area contributed by atoms with E-state index in [4.69, 9.17) is 39.5 Å². The summed E-state index contributed by atoms with van der Waals surface area (Å²) in [4.78, 5) is 66.8. The number of rotatable bonds is 7. The zero-order valence-corrected chi connectivity index (χ0v) is 24.2. The second-order valence-electron chi connectivity index (χ2n) is 10.7. The van der Waals surface area contributed by atoms with Gasteiger partial charge in [0.25, 0.3) is 17.7 Å². The maximum absolute atomic E-state index is 13.7. The van der Waals surface area contributed by atoms with Crippen LogP contribution in [0.25, 0.3) is 0 Å². The molecule has 0 aromatic heterocycles. The normalized spacial score (nSPS) is 22.3. The standard InChI is InChI=1S/C31H23Cl3N2O6/c32-20-7-3-17(4-8-20)28(38)35(36-29(39)26-18-1-2-19(13-18)27(26)30(36)40)15-25(37)16-5-10-22(11-6-16)42-31(41)23-12-9-21(33)14-24(23)34/h3-12,14,18-19,26-27H,1-2,13,15H2/t18-,19-,26+,27+/m0/s1. The molecule has 1 heterocycles. The van der Waals surface area contributed by atoms with Crippen molar-refractivity contribution >= 4 is 64.3 Å². The molecule has 1 aliphatic heterocycles. The van der Waals surface area contributed by atoms with Crippen LogP contribution in [0, 0.1) is 23.7 Å². The highest BCUT2D eigenvalue weighted by Crippen LogP contribution is 2.56. The number of fused-ring (bicyclic) bond motifs is 5. The van der Waals surface area contributed by atoms with E-state index in [0.717, 1.165) is 29.3 Å². The van der Waals surface area contributed by atoms with Crippen LogP contribution in [0.15, 0.2) is 66.7 Å². The molecule has 3 fully saturated rings. The SMILES string of the molecule is O=C(CN(C(=O)c1ccc(Cl)cc1)N1C(=O)[C@@H]2[C@H]3CC[C@@H](C3)[C@H]2C1=O)c1ccc(OC(=O)c2ccc(Cl)cc2Cl)cc1. The van der Waals surface area contributed by atoms with Crippen LogP contribution in [-0.2, 0) is 9.59 Å². The minimum atomic E-state index is -0.707. The first-order chi connectivity index (χ1) is 20.1. The molecule has 6 rings (SSSR count). The van der Waals surface area contributed by atoms with E-state index in [9.17, 15) is 24.0 Å². The van der Waals surface area contributed by atoms with Crippen LogP contribution in [0.2, 0.25) is 15.1 Å². The Morgan fingerprint density at radius 1 is 0.786 bits per heavy atom. The molecule has 8 nitrogen and oxygen atoms in total. The molecule has 0 radical (unpaired) electrons. The molecule has 214 valence electrons. The van der Waals surface area contributed by atoms with Gasteiger partial charge in [-0.1, -0.05) is 34.8 Å². The molecular weight excluding hydrogens is 603 g/mol. The molecule has 3 aliphatic rings. The number of hydrazine groups is 1. The number of amides is 3. The van der Waals surface area contributed by atoms with Crippen LogP contribution >= 0.6 is 34.8 Å². The Labute approximate surface area is 256 Å². The summed E-state index contributed by atoms with van der Waals surface area (Å²) in [6, 6.07) is 16.1. The summed E-state index contributed by atoms with van der Waals surface area (Å²) >= 11 is 18.0. The number of carbonyl (C=O) groups is 5. The van der Waals surface area contributed by atoms with E-state index in [1.54, 1.807) is 0 Å². The smallest absolute Gasteiger partial charge is 0.345 e. The molecule has 2 bridgehead atoms. The minimum absolute atomic E-state index is 0.114. The summed E-state index contributed by atoms with van der Waals surface area (Å²) < 4.78 is 5.37. The predicted molar refractivity (Wildman–Crippen MR) is 154 cm³/mol. The van der Waals surface area contributed by atoms with Gasteiger partial charge in [0.2, 0.25) is 0 Å². The Morgan fingerprint density at radius 2 is 1.36 bits per heavy atom. The fourth-order valence-electron chi connectivity index (χ4n) is 6.36. The average Bonchev–Trinajstić information content (AvgIpc) is 3.65. The van der Waals surface area contributed by atoms with Gasteiger partial charge in [-0.2, -0.15) is 5.01 Å². The quantitative estimate of drug-likeness (QED) is 0.135. The van der Waals surface area contributed by atoms with Crippen LogP contribution in [0.5, 0.6) is 5.75 Å². The van der Waals surface area contributed by atoms with E-state index in [-0.39, 0.29) is 39.3 Å². The van der Waals surface area contributed by atoms with Crippen LogP contribution in [0.4, 0.5) is 0 Å². The molecule has 0 spiro atoms. The predicted octanol–water partition coefficient (Wildman–Crippen LogP) is 6.14. The lowest BCUT2D eigenvalue weighted by atomic mass is 9.81. The molecule has 1 saturated heterocycles. The zero-order valence-electron chi connectivity index (χ0n) is 22.0. The van der Waals surface area contributed by atoms with Gasteiger partial charge in [0.05, 0.1) is 22.4 Å². The zero-order chi connectivity index (χ0) is 29.7. The van der Waals surface area contributed by atoms with Gasteiger partial charge in [0.1, 0.15) is 12.3 Å². The number of hydrogen-bond acceptors (Lipinski definition) is 6. The number of ketones is 1. The van der Waals surface area contributed by atoms with Crippen molar-refractivity contribution < 1.29 is 28.7 Å². The first kappa shape index (κ1) is 28.4. The van der Waals surface area contributed by atoms with E-state index in [1.807, 2.05) is 0 Å². The van der Waals surface area contributed by atoms with Gasteiger partial charge in [-0.3, -0.25) is 19.2 Å². The lowest BCUT2D eigenvalue weighted by molar-refractivity contribution is -0.155. The number of Topliss-reactive ketones (excluding diaryl/α,β-unsaturated/α-hetero) is 1. The number of nitrogens with zero attached hydrogens (tertiary/aromatic N) is 2. The molecule has 3 aromatic carbocycles. The maximum Gasteiger partial charge on any atom is 0.345 e. The molecular formula is C31H23Cl3N2O6. The lowest BCUT2D eigenvalue weighted by Crippen LogP contribution is -2.52. The summed E-state index contributed by atoms with van der Waals surface area (Å²) in [5, 5.41) is 2.75. The third-order valence-electron chi connectivity index (χ3n) is 8.30. The summed E-state index contributed by atoms with van der Waals surface area (Å²) in [6.07, 6.45) is 2.60. The molecule has 3 aromatic rings. The van der Waals surface area contributed by atoms with Gasteiger partial charge in [-0.25, -0.2) is 9.80 Å². The van der Waals surface area contributed by atoms with Crippen molar-refractivity contribution in [2.75, 3.05) is 6.54 Å². The van der Waals surface area contributed by atoms with E-state index in [0.29, 0.717) is 10.0 Å². The van der Waals surface area contributed by atoms with Crippen molar-refractivity contribution in [2.45, 2.75) is 19.3 Å². The number of halogens is 3. The van der Waals surface area contributed by atoms with E-state index in [1.165, 1.54) is 66.7 Å². The van der Waals surface area contributed by atoms with Gasteiger partial charge in [0.15, 0.2) is 5.78 Å². The molecule has 2 aliphatic carbocycles. The molecule has 2 saturated carbocycles. The second-order valence-corrected chi connectivity index (χ2v) is 12.0. The van der Waals surface area contributed by atoms with E-state index >= 15 is 0 Å². The first-order valence-electron chi connectivity index (χ1n) is 13.4. The van der Waals surface area contributed by atoms with Gasteiger partial charge in [-0.15, -0.1) is 0 Å². The van der Waals surface area contributed by atoms with Crippen LogP contribution in [0.1, 0.15) is 50.3 Å². The summed E-state index contributed by atoms with van der Waals surface area (Å²) in [5.41, 5.74) is 0.485. The van der Waals surface area contributed by atoms with E-state index in [2.05, 4.69) is 0 Å². The van der Waals surface area contributed by atoms with Crippen molar-refractivity contribution in [1.29, 1.82) is 0 Å². The average molecular weight is 626 g/mol. The number of hydrogen-bond donors (Lipinski definition) is 0. The lowest BCUT2D eigenvalue weighted by Gasteiger charge is -2.30. The van der Waals surface area contributed by atoms with Crippen LogP contribution in [0.3, 0.4) is 0 Å². The van der Waals surface area contributed by atoms with Gasteiger partial charge in [0, 0.05) is 21.2 Å². The molecule has 0 N–H and O–H groups in total. The molecule has 11 heteroatoms. The van der Waals surface area contributed by atoms with Crippen molar-refractivity contribution in [3.63, 3.8) is 0 Å². The van der Waals surface area contributed by atoms with Crippen LogP contribution in [-0.4, -0.2) is 46.0 Å². The number of esters is 1. The van der Waals surface area contributed by atoms with Crippen LogP contribution < -0.4 is 4.74 Å². The van der Waals surface area contributed by atoms with Crippen molar-refractivity contribution in [1.82, 2.24) is 10.0 Å². The van der Waals surface area contributed by atoms with Gasteiger partial charge < -0.3 is 4.74 Å². The molecule has 0 unspecified atom stereocenters. The number of imide groups is 1. The molecule has 42 heavy (non-hydrogen) atoms. The van der Waals surface area contributed by atoms with Gasteiger partial charge >= 0.3 is 5.97 Å². The minimum Gasteiger partial charge on any atom is -0.423 e. The highest BCUT2D eigenvalue weighted by atomic mass is 35.5. The number of carbonyl (C=O) groups excluding carboxylic acids is 5. The monoisotopic (exact) mass is 624 g/mol. The Balaban J connectivity index is 1.23. The summed E-state index contributed by atoms with van der Waals surface area (Å²) in [6.45, 7) is -0.548. The third kappa shape index (κ3) is 5.08. The Hall–Kier alpha value is -3.72. The summed E-state index contributed by atoms with van der Waals surface area (Å²) in [7, 11) is 0. The molecule has 4 atom stereocenters.